The minimum Gasteiger partial charge on any atom is -0.460 e. The molecule has 0 spiro atoms. The summed E-state index contributed by atoms with van der Waals surface area (Å²) in [6.45, 7) is 2.38. The normalized spacial score (nSPS) is 11.0. The van der Waals surface area contributed by atoms with Gasteiger partial charge in [-0.2, -0.15) is 0 Å². The van der Waals surface area contributed by atoms with Gasteiger partial charge in [0.15, 0.2) is 0 Å². The molecule has 0 saturated heterocycles. The molecule has 0 fully saturated rings. The first-order valence-corrected chi connectivity index (χ1v) is 8.23. The zero-order valence-corrected chi connectivity index (χ0v) is 14.6. The van der Waals surface area contributed by atoms with Crippen molar-refractivity contribution in [3.05, 3.63) is 45.0 Å². The summed E-state index contributed by atoms with van der Waals surface area (Å²) in [5.41, 5.74) is 1.02. The van der Waals surface area contributed by atoms with Gasteiger partial charge in [-0.3, -0.25) is 0 Å². The third kappa shape index (κ3) is 5.23. The third-order valence-corrected chi connectivity index (χ3v) is 3.97. The van der Waals surface area contributed by atoms with Gasteiger partial charge in [0, 0.05) is 21.1 Å². The van der Waals surface area contributed by atoms with E-state index in [4.69, 9.17) is 14.3 Å². The van der Waals surface area contributed by atoms with Crippen molar-refractivity contribution in [2.24, 2.45) is 0 Å². The van der Waals surface area contributed by atoms with E-state index in [2.05, 4.69) is 37.2 Å². The first-order chi connectivity index (χ1) is 10.2. The lowest BCUT2D eigenvalue weighted by Crippen LogP contribution is -2.19. The number of benzene rings is 1. The Bertz CT molecular complexity index is 572. The molecule has 0 radical (unpaired) electrons. The second-order valence-electron chi connectivity index (χ2n) is 4.40. The molecule has 0 aliphatic heterocycles. The molecule has 1 aromatic heterocycles. The summed E-state index contributed by atoms with van der Waals surface area (Å²) in [6, 6.07) is 9.92. The Balaban J connectivity index is 1.86. The molecule has 0 unspecified atom stereocenters. The topological polar surface area (TPSA) is 54.6 Å². The highest BCUT2D eigenvalue weighted by Gasteiger charge is 2.08. The first kappa shape index (κ1) is 16.7. The molecule has 0 aliphatic rings. The summed E-state index contributed by atoms with van der Waals surface area (Å²) >= 11 is 6.97. The van der Waals surface area contributed by atoms with Crippen molar-refractivity contribution in [1.29, 1.82) is 0 Å². The maximum absolute atomic E-state index is 8.58. The fraction of sp³-hybridized carbons (Fsp3) is 0.333. The fourth-order valence-electron chi connectivity index (χ4n) is 1.83. The Morgan fingerprint density at radius 3 is 2.76 bits per heavy atom. The van der Waals surface area contributed by atoms with E-state index >= 15 is 0 Å². The first-order valence-electron chi connectivity index (χ1n) is 6.64. The quantitative estimate of drug-likeness (QED) is 0.643. The van der Waals surface area contributed by atoms with Crippen LogP contribution in [0.1, 0.15) is 5.76 Å². The molecule has 114 valence electrons. The molecule has 0 bridgehead atoms. The van der Waals surface area contributed by atoms with Crippen molar-refractivity contribution in [3.63, 3.8) is 0 Å². The van der Waals surface area contributed by atoms with E-state index in [0.717, 1.165) is 32.6 Å². The lowest BCUT2D eigenvalue weighted by atomic mass is 10.2. The van der Waals surface area contributed by atoms with Crippen LogP contribution in [0.3, 0.4) is 0 Å². The van der Waals surface area contributed by atoms with Crippen LogP contribution in [0.25, 0.3) is 11.3 Å². The van der Waals surface area contributed by atoms with Crippen molar-refractivity contribution in [2.45, 2.75) is 6.54 Å². The maximum atomic E-state index is 8.58. The number of hydrogen-bond donors (Lipinski definition) is 2. The largest absolute Gasteiger partial charge is 0.460 e. The Morgan fingerprint density at radius 2 is 2.00 bits per heavy atom. The van der Waals surface area contributed by atoms with Crippen LogP contribution in [0, 0.1) is 0 Å². The van der Waals surface area contributed by atoms with E-state index in [1.807, 2.05) is 30.3 Å². The minimum atomic E-state index is 0.0591. The van der Waals surface area contributed by atoms with Gasteiger partial charge in [0.1, 0.15) is 11.5 Å². The van der Waals surface area contributed by atoms with Crippen LogP contribution in [-0.2, 0) is 11.3 Å². The summed E-state index contributed by atoms with van der Waals surface area (Å²) in [5, 5.41) is 11.8. The molecule has 1 heterocycles. The number of furan rings is 1. The highest BCUT2D eigenvalue weighted by molar-refractivity contribution is 9.11. The van der Waals surface area contributed by atoms with Crippen LogP contribution in [0.5, 0.6) is 0 Å². The smallest absolute Gasteiger partial charge is 0.135 e. The van der Waals surface area contributed by atoms with Gasteiger partial charge in [-0.05, 0) is 46.3 Å². The third-order valence-electron chi connectivity index (χ3n) is 2.82. The average molecular weight is 419 g/mol. The monoisotopic (exact) mass is 417 g/mol. The number of hydrogen-bond acceptors (Lipinski definition) is 4. The van der Waals surface area contributed by atoms with E-state index in [-0.39, 0.29) is 6.61 Å². The maximum Gasteiger partial charge on any atom is 0.135 e. The molecule has 0 saturated carbocycles. The van der Waals surface area contributed by atoms with E-state index in [9.17, 15) is 0 Å². The van der Waals surface area contributed by atoms with Crippen molar-refractivity contribution < 1.29 is 14.3 Å². The second-order valence-corrected chi connectivity index (χ2v) is 6.17. The SMILES string of the molecule is OCCOCCNCc1ccc(-c2ccc(Br)cc2Br)o1. The highest BCUT2D eigenvalue weighted by atomic mass is 79.9. The number of halogens is 2. The van der Waals surface area contributed by atoms with Crippen LogP contribution in [0.2, 0.25) is 0 Å². The minimum absolute atomic E-state index is 0.0591. The molecule has 0 aliphatic carbocycles. The fourth-order valence-corrected chi connectivity index (χ4v) is 3.07. The van der Waals surface area contributed by atoms with Crippen LogP contribution < -0.4 is 5.32 Å². The summed E-state index contributed by atoms with van der Waals surface area (Å²) in [6.07, 6.45) is 0. The van der Waals surface area contributed by atoms with Crippen LogP contribution >= 0.6 is 31.9 Å². The predicted octanol–water partition coefficient (Wildman–Crippen LogP) is 3.57. The molecule has 2 rings (SSSR count). The number of ether oxygens (including phenoxy) is 1. The van der Waals surface area contributed by atoms with Gasteiger partial charge in [0.25, 0.3) is 0 Å². The Labute approximate surface area is 140 Å². The number of nitrogens with one attached hydrogen (secondary N) is 1. The molecule has 2 N–H and O–H groups in total. The summed E-state index contributed by atoms with van der Waals surface area (Å²) in [5.74, 6) is 1.71. The van der Waals surface area contributed by atoms with Crippen molar-refractivity contribution in [3.8, 4) is 11.3 Å². The molecule has 1 aromatic carbocycles. The molecule has 2 aromatic rings. The van der Waals surface area contributed by atoms with Gasteiger partial charge >= 0.3 is 0 Å². The zero-order valence-electron chi connectivity index (χ0n) is 11.4. The molecular weight excluding hydrogens is 402 g/mol. The van der Waals surface area contributed by atoms with E-state index < -0.39 is 0 Å². The molecule has 6 heteroatoms. The van der Waals surface area contributed by atoms with Crippen LogP contribution in [0.15, 0.2) is 43.7 Å². The van der Waals surface area contributed by atoms with Crippen molar-refractivity contribution >= 4 is 31.9 Å². The zero-order chi connectivity index (χ0) is 15.1. The molecule has 4 nitrogen and oxygen atoms in total. The lowest BCUT2D eigenvalue weighted by molar-refractivity contribution is 0.0936. The number of aliphatic hydroxyl groups excluding tert-OH is 1. The van der Waals surface area contributed by atoms with E-state index in [0.29, 0.717) is 19.8 Å². The Hall–Kier alpha value is -0.660. The van der Waals surface area contributed by atoms with Gasteiger partial charge in [-0.25, -0.2) is 0 Å². The molecule has 0 amide bonds. The van der Waals surface area contributed by atoms with Gasteiger partial charge < -0.3 is 19.6 Å². The second kappa shape index (κ2) is 8.70. The van der Waals surface area contributed by atoms with Crippen LogP contribution in [0.4, 0.5) is 0 Å². The van der Waals surface area contributed by atoms with Gasteiger partial charge in [-0.1, -0.05) is 15.9 Å². The van der Waals surface area contributed by atoms with E-state index in [1.54, 1.807) is 0 Å². The summed E-state index contributed by atoms with van der Waals surface area (Å²) in [7, 11) is 0. The van der Waals surface area contributed by atoms with E-state index in [1.165, 1.54) is 0 Å². The van der Waals surface area contributed by atoms with Crippen LogP contribution in [-0.4, -0.2) is 31.5 Å². The van der Waals surface area contributed by atoms with Gasteiger partial charge in [0.05, 0.1) is 26.4 Å². The van der Waals surface area contributed by atoms with Crippen molar-refractivity contribution in [2.75, 3.05) is 26.4 Å². The lowest BCUT2D eigenvalue weighted by Gasteiger charge is -2.04. The predicted molar refractivity (Wildman–Crippen MR) is 89.2 cm³/mol. The van der Waals surface area contributed by atoms with Gasteiger partial charge in [-0.15, -0.1) is 0 Å². The Morgan fingerprint density at radius 1 is 1.14 bits per heavy atom. The molecule has 0 atom stereocenters. The summed E-state index contributed by atoms with van der Waals surface area (Å²) in [4.78, 5) is 0. The Kier molecular flexibility index (Phi) is 6.92. The summed E-state index contributed by atoms with van der Waals surface area (Å²) < 4.78 is 13.0. The highest BCUT2D eigenvalue weighted by Crippen LogP contribution is 2.31. The molecular formula is C15H17Br2NO3. The standard InChI is InChI=1S/C15H17Br2NO3/c16-11-1-3-13(14(17)9-11)15-4-2-12(21-15)10-18-5-7-20-8-6-19/h1-4,9,18-19H,5-8,10H2. The van der Waals surface area contributed by atoms with Gasteiger partial charge in [0.2, 0.25) is 0 Å². The molecule has 21 heavy (non-hydrogen) atoms. The van der Waals surface area contributed by atoms with Crippen molar-refractivity contribution in [1.82, 2.24) is 5.32 Å². The average Bonchev–Trinajstić information content (AvgIpc) is 2.91. The number of aliphatic hydroxyl groups is 1. The number of rotatable bonds is 8.